The average molecular weight is 381 g/mol. The van der Waals surface area contributed by atoms with Gasteiger partial charge in [0.25, 0.3) is 5.91 Å². The standard InChI is InChI=1S/C20H32N2O3S/c1-15(2)10-11-18(20(3,4)5)21-19(23)16-8-6-9-17(14-16)22-12-7-13-26(22,24)25/h6,8-9,14-15,18H,7,10-13H2,1-5H3,(H,21,23). The van der Waals surface area contributed by atoms with Gasteiger partial charge < -0.3 is 5.32 Å². The van der Waals surface area contributed by atoms with Crippen molar-refractivity contribution in [3.63, 3.8) is 0 Å². The Kier molecular flexibility index (Phi) is 6.37. The normalized spacial score (nSPS) is 18.2. The number of nitrogens with zero attached hydrogens (tertiary/aromatic N) is 1. The van der Waals surface area contributed by atoms with Gasteiger partial charge >= 0.3 is 0 Å². The lowest BCUT2D eigenvalue weighted by molar-refractivity contribution is 0.0894. The van der Waals surface area contributed by atoms with Crippen LogP contribution >= 0.6 is 0 Å². The zero-order chi connectivity index (χ0) is 19.5. The zero-order valence-electron chi connectivity index (χ0n) is 16.6. The molecular formula is C20H32N2O3S. The van der Waals surface area contributed by atoms with Gasteiger partial charge in [-0.2, -0.15) is 0 Å². The first-order valence-electron chi connectivity index (χ1n) is 9.42. The summed E-state index contributed by atoms with van der Waals surface area (Å²) in [5, 5.41) is 3.16. The van der Waals surface area contributed by atoms with Gasteiger partial charge in [0.05, 0.1) is 11.4 Å². The van der Waals surface area contributed by atoms with E-state index in [1.807, 2.05) is 0 Å². The summed E-state index contributed by atoms with van der Waals surface area (Å²) in [6, 6.07) is 6.98. The third-order valence-corrected chi connectivity index (χ3v) is 6.75. The molecular weight excluding hydrogens is 348 g/mol. The molecule has 1 amide bonds. The Balaban J connectivity index is 2.17. The number of anilines is 1. The van der Waals surface area contributed by atoms with Crippen molar-refractivity contribution < 1.29 is 13.2 Å². The number of sulfonamides is 1. The van der Waals surface area contributed by atoms with Crippen LogP contribution in [0.3, 0.4) is 0 Å². The topological polar surface area (TPSA) is 66.5 Å². The maximum Gasteiger partial charge on any atom is 0.251 e. The number of benzene rings is 1. The molecule has 6 heteroatoms. The number of nitrogens with one attached hydrogen (secondary N) is 1. The molecule has 1 aromatic carbocycles. The molecule has 1 unspecified atom stereocenters. The van der Waals surface area contributed by atoms with Gasteiger partial charge in [0.15, 0.2) is 0 Å². The second-order valence-corrected chi connectivity index (χ2v) is 10.7. The van der Waals surface area contributed by atoms with Gasteiger partial charge in [-0.15, -0.1) is 0 Å². The van der Waals surface area contributed by atoms with Gasteiger partial charge in [-0.05, 0) is 48.8 Å². The maximum atomic E-state index is 12.8. The maximum absolute atomic E-state index is 12.8. The molecule has 0 bridgehead atoms. The molecule has 1 heterocycles. The molecule has 1 aliphatic rings. The lowest BCUT2D eigenvalue weighted by atomic mass is 9.82. The highest BCUT2D eigenvalue weighted by molar-refractivity contribution is 7.93. The molecule has 1 atom stereocenters. The van der Waals surface area contributed by atoms with E-state index in [2.05, 4.69) is 39.9 Å². The van der Waals surface area contributed by atoms with Gasteiger partial charge in [0.1, 0.15) is 0 Å². The third-order valence-electron chi connectivity index (χ3n) is 4.88. The minimum absolute atomic E-state index is 0.0412. The first-order chi connectivity index (χ1) is 12.0. The number of amides is 1. The Morgan fingerprint density at radius 3 is 2.46 bits per heavy atom. The van der Waals surface area contributed by atoms with E-state index in [-0.39, 0.29) is 23.1 Å². The van der Waals surface area contributed by atoms with E-state index in [4.69, 9.17) is 0 Å². The molecule has 1 aromatic rings. The van der Waals surface area contributed by atoms with Crippen molar-refractivity contribution >= 4 is 21.6 Å². The number of hydrogen-bond donors (Lipinski definition) is 1. The number of carbonyl (C=O) groups excluding carboxylic acids is 1. The largest absolute Gasteiger partial charge is 0.349 e. The monoisotopic (exact) mass is 380 g/mol. The van der Waals surface area contributed by atoms with Crippen molar-refractivity contribution in [2.75, 3.05) is 16.6 Å². The predicted molar refractivity (Wildman–Crippen MR) is 107 cm³/mol. The lowest BCUT2D eigenvalue weighted by Crippen LogP contribution is -2.43. The first kappa shape index (κ1) is 20.7. The van der Waals surface area contributed by atoms with Crippen LogP contribution in [-0.4, -0.2) is 32.7 Å². The van der Waals surface area contributed by atoms with Gasteiger partial charge in [-0.25, -0.2) is 8.42 Å². The molecule has 1 fully saturated rings. The van der Waals surface area contributed by atoms with Crippen molar-refractivity contribution in [1.29, 1.82) is 0 Å². The van der Waals surface area contributed by atoms with Crippen molar-refractivity contribution in [2.24, 2.45) is 11.3 Å². The summed E-state index contributed by atoms with van der Waals surface area (Å²) in [5.41, 5.74) is 1.04. The quantitative estimate of drug-likeness (QED) is 0.816. The Morgan fingerprint density at radius 1 is 1.23 bits per heavy atom. The molecule has 2 rings (SSSR count). The SMILES string of the molecule is CC(C)CCC(NC(=O)c1cccc(N2CCCS2(=O)=O)c1)C(C)(C)C. The van der Waals surface area contributed by atoms with Gasteiger partial charge in [-0.1, -0.05) is 40.7 Å². The zero-order valence-corrected chi connectivity index (χ0v) is 17.4. The van der Waals surface area contributed by atoms with Crippen LogP contribution < -0.4 is 9.62 Å². The average Bonchev–Trinajstić information content (AvgIpc) is 2.89. The fourth-order valence-electron chi connectivity index (χ4n) is 3.20. The van der Waals surface area contributed by atoms with Crippen molar-refractivity contribution in [3.8, 4) is 0 Å². The molecule has 1 saturated heterocycles. The highest BCUT2D eigenvalue weighted by Gasteiger charge is 2.30. The minimum Gasteiger partial charge on any atom is -0.349 e. The van der Waals surface area contributed by atoms with E-state index in [1.165, 1.54) is 4.31 Å². The molecule has 0 radical (unpaired) electrons. The lowest BCUT2D eigenvalue weighted by Gasteiger charge is -2.32. The fourth-order valence-corrected chi connectivity index (χ4v) is 4.75. The van der Waals surface area contributed by atoms with E-state index in [1.54, 1.807) is 24.3 Å². The van der Waals surface area contributed by atoms with Crippen LogP contribution in [0.1, 0.15) is 64.2 Å². The van der Waals surface area contributed by atoms with Crippen LogP contribution in [-0.2, 0) is 10.0 Å². The van der Waals surface area contributed by atoms with E-state index in [9.17, 15) is 13.2 Å². The van der Waals surface area contributed by atoms with E-state index >= 15 is 0 Å². The Morgan fingerprint density at radius 2 is 1.92 bits per heavy atom. The molecule has 0 saturated carbocycles. The summed E-state index contributed by atoms with van der Waals surface area (Å²) in [6.45, 7) is 11.2. The highest BCUT2D eigenvalue weighted by Crippen LogP contribution is 2.27. The summed E-state index contributed by atoms with van der Waals surface area (Å²) in [5.74, 6) is 0.609. The summed E-state index contributed by atoms with van der Waals surface area (Å²) >= 11 is 0. The third kappa shape index (κ3) is 5.22. The molecule has 0 aromatic heterocycles. The number of carbonyl (C=O) groups is 1. The van der Waals surface area contributed by atoms with Crippen LogP contribution in [0.2, 0.25) is 0 Å². The van der Waals surface area contributed by atoms with Crippen LogP contribution in [0.15, 0.2) is 24.3 Å². The Labute approximate surface area is 158 Å². The minimum atomic E-state index is -3.25. The number of rotatable bonds is 6. The van der Waals surface area contributed by atoms with Crippen LogP contribution in [0.4, 0.5) is 5.69 Å². The number of hydrogen-bond acceptors (Lipinski definition) is 3. The summed E-state index contributed by atoms with van der Waals surface area (Å²) in [4.78, 5) is 12.8. The van der Waals surface area contributed by atoms with Crippen LogP contribution in [0, 0.1) is 11.3 Å². The van der Waals surface area contributed by atoms with E-state index in [0.29, 0.717) is 30.1 Å². The van der Waals surface area contributed by atoms with E-state index < -0.39 is 10.0 Å². The van der Waals surface area contributed by atoms with Crippen LogP contribution in [0.25, 0.3) is 0 Å². The Bertz CT molecular complexity index is 736. The molecule has 1 N–H and O–H groups in total. The summed E-state index contributed by atoms with van der Waals surface area (Å²) < 4.78 is 25.7. The molecule has 5 nitrogen and oxygen atoms in total. The van der Waals surface area contributed by atoms with E-state index in [0.717, 1.165) is 12.8 Å². The summed E-state index contributed by atoms with van der Waals surface area (Å²) in [6.07, 6.45) is 2.60. The molecule has 0 spiro atoms. The first-order valence-corrected chi connectivity index (χ1v) is 11.0. The van der Waals surface area contributed by atoms with Crippen LogP contribution in [0.5, 0.6) is 0 Å². The second-order valence-electron chi connectivity index (χ2n) is 8.66. The highest BCUT2D eigenvalue weighted by atomic mass is 32.2. The van der Waals surface area contributed by atoms with Gasteiger partial charge in [0.2, 0.25) is 10.0 Å². The van der Waals surface area contributed by atoms with Gasteiger partial charge in [-0.3, -0.25) is 9.10 Å². The molecule has 0 aliphatic carbocycles. The smallest absolute Gasteiger partial charge is 0.251 e. The van der Waals surface area contributed by atoms with Crippen molar-refractivity contribution in [3.05, 3.63) is 29.8 Å². The van der Waals surface area contributed by atoms with Gasteiger partial charge in [0, 0.05) is 18.2 Å². The Hall–Kier alpha value is -1.56. The van der Waals surface area contributed by atoms with Crippen molar-refractivity contribution in [2.45, 2.75) is 59.9 Å². The molecule has 146 valence electrons. The van der Waals surface area contributed by atoms with Crippen molar-refractivity contribution in [1.82, 2.24) is 5.32 Å². The summed E-state index contributed by atoms with van der Waals surface area (Å²) in [7, 11) is -3.25. The fraction of sp³-hybridized carbons (Fsp3) is 0.650. The molecule has 1 aliphatic heterocycles. The predicted octanol–water partition coefficient (Wildman–Crippen LogP) is 3.81. The second kappa shape index (κ2) is 7.99. The molecule has 26 heavy (non-hydrogen) atoms.